The van der Waals surface area contributed by atoms with Crippen LogP contribution in [0.1, 0.15) is 10.4 Å². The molecule has 1 aromatic heterocycles. The van der Waals surface area contributed by atoms with Gasteiger partial charge in [0.25, 0.3) is 0 Å². The lowest BCUT2D eigenvalue weighted by Crippen LogP contribution is -2.32. The summed E-state index contributed by atoms with van der Waals surface area (Å²) in [7, 11) is 0. The Hall–Kier alpha value is -2.39. The van der Waals surface area contributed by atoms with Gasteiger partial charge in [-0.2, -0.15) is 18.3 Å². The molecule has 0 aliphatic carbocycles. The highest BCUT2D eigenvalue weighted by Gasteiger charge is 2.31. The topological polar surface area (TPSA) is 70.6 Å². The van der Waals surface area contributed by atoms with Crippen LogP contribution in [0, 0.1) is 0 Å². The lowest BCUT2D eigenvalue weighted by atomic mass is 10.2. The van der Waals surface area contributed by atoms with Crippen LogP contribution < -0.4 is 10.7 Å². The molecule has 0 saturated heterocycles. The number of nitrogens with zero attached hydrogens (tertiary/aromatic N) is 1. The van der Waals surface area contributed by atoms with Gasteiger partial charge in [0.2, 0.25) is 0 Å². The van der Waals surface area contributed by atoms with Gasteiger partial charge in [-0.05, 0) is 29.6 Å². The Morgan fingerprint density at radius 2 is 1.96 bits per heavy atom. The van der Waals surface area contributed by atoms with E-state index in [-0.39, 0.29) is 10.7 Å². The molecule has 1 aromatic carbocycles. The third-order valence-electron chi connectivity index (χ3n) is 2.65. The number of thiophene rings is 1. The number of carbonyl (C=O) groups is 2. The summed E-state index contributed by atoms with van der Waals surface area (Å²) in [6.45, 7) is 0. The maximum absolute atomic E-state index is 12.6. The van der Waals surface area contributed by atoms with Gasteiger partial charge in [-0.1, -0.05) is 17.7 Å². The zero-order valence-electron chi connectivity index (χ0n) is 11.7. The molecule has 0 atom stereocenters. The van der Waals surface area contributed by atoms with E-state index >= 15 is 0 Å². The third kappa shape index (κ3) is 4.80. The highest BCUT2D eigenvalue weighted by Crippen LogP contribution is 2.33. The van der Waals surface area contributed by atoms with E-state index in [1.165, 1.54) is 17.6 Å². The van der Waals surface area contributed by atoms with Crippen LogP contribution in [-0.2, 0) is 15.8 Å². The van der Waals surface area contributed by atoms with E-state index in [9.17, 15) is 22.8 Å². The Morgan fingerprint density at radius 1 is 1.21 bits per heavy atom. The van der Waals surface area contributed by atoms with Crippen molar-refractivity contribution in [3.63, 3.8) is 0 Å². The molecule has 0 bridgehead atoms. The number of carbonyl (C=O) groups excluding carboxylic acids is 2. The first kappa shape index (κ1) is 18.0. The normalized spacial score (nSPS) is 11.5. The number of nitrogens with one attached hydrogen (secondary N) is 2. The molecule has 0 spiro atoms. The number of amides is 2. The Morgan fingerprint density at radius 3 is 2.58 bits per heavy atom. The largest absolute Gasteiger partial charge is 0.416 e. The number of alkyl halides is 3. The SMILES string of the molecule is O=C(NN=Cc1cccs1)C(=O)Nc1cc(C(F)(F)F)ccc1Cl. The van der Waals surface area contributed by atoms with Crippen LogP contribution in [0.3, 0.4) is 0 Å². The lowest BCUT2D eigenvalue weighted by molar-refractivity contribution is -0.137. The van der Waals surface area contributed by atoms with E-state index in [1.807, 2.05) is 10.7 Å². The fraction of sp³-hybridized carbons (Fsp3) is 0.0714. The lowest BCUT2D eigenvalue weighted by Gasteiger charge is -2.11. The van der Waals surface area contributed by atoms with E-state index < -0.39 is 23.6 Å². The Labute approximate surface area is 143 Å². The van der Waals surface area contributed by atoms with Crippen LogP contribution in [0.15, 0.2) is 40.8 Å². The maximum Gasteiger partial charge on any atom is 0.416 e. The van der Waals surface area contributed by atoms with Crippen molar-refractivity contribution in [3.8, 4) is 0 Å². The van der Waals surface area contributed by atoms with Gasteiger partial charge in [-0.15, -0.1) is 11.3 Å². The molecule has 1 heterocycles. The number of hydrogen-bond donors (Lipinski definition) is 2. The summed E-state index contributed by atoms with van der Waals surface area (Å²) in [5, 5.41) is 7.24. The molecule has 2 amide bonds. The van der Waals surface area contributed by atoms with Crippen LogP contribution in [0.5, 0.6) is 0 Å². The third-order valence-corrected chi connectivity index (χ3v) is 3.79. The molecule has 0 saturated carbocycles. The minimum Gasteiger partial charge on any atom is -0.316 e. The molecule has 0 unspecified atom stereocenters. The number of hydrazone groups is 1. The van der Waals surface area contributed by atoms with Crippen molar-refractivity contribution in [2.45, 2.75) is 6.18 Å². The van der Waals surface area contributed by atoms with Gasteiger partial charge in [0.15, 0.2) is 0 Å². The van der Waals surface area contributed by atoms with Crippen molar-refractivity contribution in [1.82, 2.24) is 5.43 Å². The van der Waals surface area contributed by atoms with Crippen LogP contribution in [0.4, 0.5) is 18.9 Å². The molecule has 0 aliphatic heterocycles. The molecule has 0 fully saturated rings. The van der Waals surface area contributed by atoms with Crippen molar-refractivity contribution in [3.05, 3.63) is 51.2 Å². The number of hydrogen-bond acceptors (Lipinski definition) is 4. The molecule has 0 aliphatic rings. The Bertz CT molecular complexity index is 776. The predicted octanol–water partition coefficient (Wildman–Crippen LogP) is 3.51. The van der Waals surface area contributed by atoms with Crippen molar-refractivity contribution >= 4 is 46.7 Å². The van der Waals surface area contributed by atoms with Crippen molar-refractivity contribution in [2.75, 3.05) is 5.32 Å². The minimum absolute atomic E-state index is 0.133. The van der Waals surface area contributed by atoms with Crippen LogP contribution in [-0.4, -0.2) is 18.0 Å². The molecule has 5 nitrogen and oxygen atoms in total. The van der Waals surface area contributed by atoms with E-state index in [2.05, 4.69) is 5.10 Å². The van der Waals surface area contributed by atoms with Crippen molar-refractivity contribution in [1.29, 1.82) is 0 Å². The second kappa shape index (κ2) is 7.45. The minimum atomic E-state index is -4.60. The Balaban J connectivity index is 2.02. The second-order valence-electron chi connectivity index (χ2n) is 4.36. The smallest absolute Gasteiger partial charge is 0.316 e. The standard InChI is InChI=1S/C14H9ClF3N3O2S/c15-10-4-3-8(14(16,17)18)6-11(10)20-12(22)13(23)21-19-7-9-2-1-5-24-9/h1-7H,(H,20,22)(H,21,23). The average Bonchev–Trinajstić information content (AvgIpc) is 3.01. The quantitative estimate of drug-likeness (QED) is 0.489. The van der Waals surface area contributed by atoms with Gasteiger partial charge in [-0.25, -0.2) is 5.43 Å². The molecular formula is C14H9ClF3N3O2S. The number of benzene rings is 1. The van der Waals surface area contributed by atoms with Gasteiger partial charge in [-0.3, -0.25) is 9.59 Å². The summed E-state index contributed by atoms with van der Waals surface area (Å²) in [6.07, 6.45) is -3.27. The van der Waals surface area contributed by atoms with Crippen LogP contribution in [0.2, 0.25) is 5.02 Å². The van der Waals surface area contributed by atoms with Crippen LogP contribution in [0.25, 0.3) is 0 Å². The maximum atomic E-state index is 12.6. The highest BCUT2D eigenvalue weighted by atomic mass is 35.5. The summed E-state index contributed by atoms with van der Waals surface area (Å²) in [5.41, 5.74) is 0.638. The molecule has 2 rings (SSSR count). The average molecular weight is 376 g/mol. The fourth-order valence-electron chi connectivity index (χ4n) is 1.55. The number of rotatable bonds is 3. The summed E-state index contributed by atoms with van der Waals surface area (Å²) in [5.74, 6) is -2.34. The first-order chi connectivity index (χ1) is 11.3. The van der Waals surface area contributed by atoms with Crippen molar-refractivity contribution < 1.29 is 22.8 Å². The molecular weight excluding hydrogens is 367 g/mol. The Kier molecular flexibility index (Phi) is 5.58. The molecule has 126 valence electrons. The van der Waals surface area contributed by atoms with E-state index in [1.54, 1.807) is 17.5 Å². The van der Waals surface area contributed by atoms with Gasteiger partial charge >= 0.3 is 18.0 Å². The van der Waals surface area contributed by atoms with Gasteiger partial charge in [0, 0.05) is 4.88 Å². The summed E-state index contributed by atoms with van der Waals surface area (Å²) >= 11 is 7.09. The highest BCUT2D eigenvalue weighted by molar-refractivity contribution is 7.11. The van der Waals surface area contributed by atoms with Crippen molar-refractivity contribution in [2.24, 2.45) is 5.10 Å². The number of anilines is 1. The monoisotopic (exact) mass is 375 g/mol. The van der Waals surface area contributed by atoms with E-state index in [0.29, 0.717) is 6.07 Å². The summed E-state index contributed by atoms with van der Waals surface area (Å²) in [4.78, 5) is 24.0. The number of halogens is 4. The zero-order valence-corrected chi connectivity index (χ0v) is 13.3. The molecule has 2 aromatic rings. The summed E-state index contributed by atoms with van der Waals surface area (Å²) < 4.78 is 37.9. The van der Waals surface area contributed by atoms with Gasteiger partial charge < -0.3 is 5.32 Å². The predicted molar refractivity (Wildman–Crippen MR) is 85.1 cm³/mol. The first-order valence-electron chi connectivity index (χ1n) is 6.32. The van der Waals surface area contributed by atoms with Gasteiger partial charge in [0.1, 0.15) is 0 Å². The second-order valence-corrected chi connectivity index (χ2v) is 5.75. The molecule has 2 N–H and O–H groups in total. The van der Waals surface area contributed by atoms with Gasteiger partial charge in [0.05, 0.1) is 22.5 Å². The molecule has 24 heavy (non-hydrogen) atoms. The zero-order chi connectivity index (χ0) is 17.7. The van der Waals surface area contributed by atoms with E-state index in [4.69, 9.17) is 11.6 Å². The molecule has 0 radical (unpaired) electrons. The van der Waals surface area contributed by atoms with Crippen LogP contribution >= 0.6 is 22.9 Å². The fourth-order valence-corrected chi connectivity index (χ4v) is 2.30. The molecule has 10 heteroatoms. The first-order valence-corrected chi connectivity index (χ1v) is 7.58. The summed E-state index contributed by atoms with van der Waals surface area (Å²) in [6, 6.07) is 5.90. The van der Waals surface area contributed by atoms with E-state index in [0.717, 1.165) is 17.0 Å².